The first-order valence-corrected chi connectivity index (χ1v) is 5.78. The SMILES string of the molecule is Nc1ccccc1C(=O)NC(=O)c1cccnc1Cl. The van der Waals surface area contributed by atoms with Gasteiger partial charge in [-0.1, -0.05) is 23.7 Å². The molecule has 0 fully saturated rings. The molecule has 19 heavy (non-hydrogen) atoms. The van der Waals surface area contributed by atoms with Crippen molar-refractivity contribution in [1.82, 2.24) is 10.3 Å². The topological polar surface area (TPSA) is 85.1 Å². The van der Waals surface area contributed by atoms with Crippen LogP contribution < -0.4 is 11.1 Å². The Labute approximate surface area is 114 Å². The summed E-state index contributed by atoms with van der Waals surface area (Å²) in [5, 5.41) is 2.25. The fourth-order valence-electron chi connectivity index (χ4n) is 1.50. The molecule has 1 aromatic heterocycles. The molecule has 1 heterocycles. The lowest BCUT2D eigenvalue weighted by molar-refractivity contribution is 0.0850. The van der Waals surface area contributed by atoms with Gasteiger partial charge in [0.05, 0.1) is 11.1 Å². The van der Waals surface area contributed by atoms with Gasteiger partial charge in [-0.25, -0.2) is 4.98 Å². The van der Waals surface area contributed by atoms with Gasteiger partial charge in [0, 0.05) is 11.9 Å². The van der Waals surface area contributed by atoms with Crippen molar-refractivity contribution >= 4 is 29.1 Å². The van der Waals surface area contributed by atoms with E-state index >= 15 is 0 Å². The molecule has 96 valence electrons. The van der Waals surface area contributed by atoms with E-state index < -0.39 is 11.8 Å². The van der Waals surface area contributed by atoms with Gasteiger partial charge in [0.1, 0.15) is 5.15 Å². The number of hydrogen-bond donors (Lipinski definition) is 2. The number of carbonyl (C=O) groups excluding carboxylic acids is 2. The summed E-state index contributed by atoms with van der Waals surface area (Å²) >= 11 is 5.77. The van der Waals surface area contributed by atoms with Crippen molar-refractivity contribution in [3.05, 3.63) is 58.9 Å². The largest absolute Gasteiger partial charge is 0.398 e. The standard InChI is InChI=1S/C13H10ClN3O2/c14-11-9(5-3-7-16-11)13(19)17-12(18)8-4-1-2-6-10(8)15/h1-7H,15H2,(H,17,18,19). The Balaban J connectivity index is 2.19. The average molecular weight is 276 g/mol. The van der Waals surface area contributed by atoms with Crippen LogP contribution in [0.15, 0.2) is 42.6 Å². The smallest absolute Gasteiger partial charge is 0.261 e. The third kappa shape index (κ3) is 2.89. The molecule has 0 bridgehead atoms. The summed E-state index contributed by atoms with van der Waals surface area (Å²) in [4.78, 5) is 27.5. The van der Waals surface area contributed by atoms with Gasteiger partial charge in [0.2, 0.25) is 0 Å². The first-order chi connectivity index (χ1) is 9.09. The number of nitrogens with two attached hydrogens (primary N) is 1. The Bertz CT molecular complexity index is 588. The molecule has 0 saturated carbocycles. The highest BCUT2D eigenvalue weighted by Gasteiger charge is 2.16. The minimum absolute atomic E-state index is 0.0360. The number of benzene rings is 1. The van der Waals surface area contributed by atoms with Crippen LogP contribution in [0.25, 0.3) is 0 Å². The van der Waals surface area contributed by atoms with Crippen LogP contribution in [0.5, 0.6) is 0 Å². The van der Waals surface area contributed by atoms with Gasteiger partial charge in [-0.05, 0) is 24.3 Å². The number of imide groups is 1. The molecule has 5 nitrogen and oxygen atoms in total. The lowest BCUT2D eigenvalue weighted by Gasteiger charge is -2.06. The van der Waals surface area contributed by atoms with E-state index in [4.69, 9.17) is 17.3 Å². The van der Waals surface area contributed by atoms with E-state index in [2.05, 4.69) is 10.3 Å². The Kier molecular flexibility index (Phi) is 3.77. The molecule has 2 aromatic rings. The zero-order valence-corrected chi connectivity index (χ0v) is 10.5. The van der Waals surface area contributed by atoms with E-state index in [1.807, 2.05) is 0 Å². The van der Waals surface area contributed by atoms with Gasteiger partial charge in [-0.2, -0.15) is 0 Å². The van der Waals surface area contributed by atoms with Crippen LogP contribution in [0.4, 0.5) is 5.69 Å². The van der Waals surface area contributed by atoms with Crippen LogP contribution in [0.2, 0.25) is 5.15 Å². The number of nitrogens with one attached hydrogen (secondary N) is 1. The number of hydrogen-bond acceptors (Lipinski definition) is 4. The predicted octanol–water partition coefficient (Wildman–Crippen LogP) is 1.89. The Morgan fingerprint density at radius 2 is 1.68 bits per heavy atom. The highest BCUT2D eigenvalue weighted by atomic mass is 35.5. The van der Waals surface area contributed by atoms with Crippen LogP contribution in [0.3, 0.4) is 0 Å². The Morgan fingerprint density at radius 3 is 2.37 bits per heavy atom. The lowest BCUT2D eigenvalue weighted by atomic mass is 10.1. The first kappa shape index (κ1) is 13.0. The second kappa shape index (κ2) is 5.49. The molecular weight excluding hydrogens is 266 g/mol. The van der Waals surface area contributed by atoms with Gasteiger partial charge >= 0.3 is 0 Å². The summed E-state index contributed by atoms with van der Waals surface area (Å²) in [6.45, 7) is 0. The number of nitrogen functional groups attached to an aromatic ring is 1. The molecule has 2 amide bonds. The highest BCUT2D eigenvalue weighted by Crippen LogP contribution is 2.13. The van der Waals surface area contributed by atoms with Gasteiger partial charge in [-0.15, -0.1) is 0 Å². The minimum Gasteiger partial charge on any atom is -0.398 e. The van der Waals surface area contributed by atoms with Crippen LogP contribution >= 0.6 is 11.6 Å². The number of carbonyl (C=O) groups is 2. The van der Waals surface area contributed by atoms with Gasteiger partial charge in [0.15, 0.2) is 0 Å². The summed E-state index contributed by atoms with van der Waals surface area (Å²) in [5.74, 6) is -1.20. The summed E-state index contributed by atoms with van der Waals surface area (Å²) in [5.41, 5.74) is 6.32. The number of anilines is 1. The quantitative estimate of drug-likeness (QED) is 0.498. The van der Waals surface area contributed by atoms with E-state index in [1.54, 1.807) is 24.3 Å². The molecule has 0 atom stereocenters. The van der Waals surface area contributed by atoms with Crippen molar-refractivity contribution in [3.63, 3.8) is 0 Å². The minimum atomic E-state index is -0.619. The summed E-state index contributed by atoms with van der Waals surface area (Å²) in [7, 11) is 0. The molecule has 0 aliphatic carbocycles. The third-order valence-electron chi connectivity index (χ3n) is 2.44. The second-order valence-electron chi connectivity index (χ2n) is 3.71. The zero-order chi connectivity index (χ0) is 13.8. The number of pyridine rings is 1. The van der Waals surface area contributed by atoms with Crippen molar-refractivity contribution in [3.8, 4) is 0 Å². The van der Waals surface area contributed by atoms with Gasteiger partial charge in [0.25, 0.3) is 11.8 Å². The maximum Gasteiger partial charge on any atom is 0.261 e. The van der Waals surface area contributed by atoms with Crippen molar-refractivity contribution in [2.45, 2.75) is 0 Å². The van der Waals surface area contributed by atoms with E-state index in [1.165, 1.54) is 18.3 Å². The molecule has 6 heteroatoms. The predicted molar refractivity (Wildman–Crippen MR) is 71.9 cm³/mol. The number of amides is 2. The zero-order valence-electron chi connectivity index (χ0n) is 9.76. The number of nitrogens with zero attached hydrogens (tertiary/aromatic N) is 1. The second-order valence-corrected chi connectivity index (χ2v) is 4.07. The normalized spacial score (nSPS) is 9.95. The molecule has 0 aliphatic heterocycles. The molecule has 0 spiro atoms. The lowest BCUT2D eigenvalue weighted by Crippen LogP contribution is -2.31. The van der Waals surface area contributed by atoms with Crippen molar-refractivity contribution in [1.29, 1.82) is 0 Å². The average Bonchev–Trinajstić information content (AvgIpc) is 2.39. The Hall–Kier alpha value is -2.40. The van der Waals surface area contributed by atoms with Crippen LogP contribution in [-0.4, -0.2) is 16.8 Å². The molecule has 0 radical (unpaired) electrons. The fraction of sp³-hybridized carbons (Fsp3) is 0. The van der Waals surface area contributed by atoms with E-state index in [0.29, 0.717) is 5.69 Å². The maximum absolute atomic E-state index is 11.9. The van der Waals surface area contributed by atoms with Gasteiger partial charge in [-0.3, -0.25) is 14.9 Å². The number of aromatic nitrogens is 1. The maximum atomic E-state index is 11.9. The van der Waals surface area contributed by atoms with Crippen molar-refractivity contribution < 1.29 is 9.59 Å². The Morgan fingerprint density at radius 1 is 1.05 bits per heavy atom. The molecular formula is C13H10ClN3O2. The molecule has 0 saturated heterocycles. The van der Waals surface area contributed by atoms with E-state index in [0.717, 1.165) is 0 Å². The summed E-state index contributed by atoms with van der Waals surface area (Å²) < 4.78 is 0. The monoisotopic (exact) mass is 275 g/mol. The van der Waals surface area contributed by atoms with E-state index in [9.17, 15) is 9.59 Å². The number of para-hydroxylation sites is 1. The first-order valence-electron chi connectivity index (χ1n) is 5.40. The van der Waals surface area contributed by atoms with Crippen molar-refractivity contribution in [2.24, 2.45) is 0 Å². The molecule has 0 unspecified atom stereocenters. The molecule has 3 N–H and O–H groups in total. The van der Waals surface area contributed by atoms with Crippen LogP contribution in [0.1, 0.15) is 20.7 Å². The number of halogens is 1. The summed E-state index contributed by atoms with van der Waals surface area (Å²) in [6, 6.07) is 9.51. The summed E-state index contributed by atoms with van der Waals surface area (Å²) in [6.07, 6.45) is 1.45. The molecule has 1 aromatic carbocycles. The highest BCUT2D eigenvalue weighted by molar-refractivity contribution is 6.33. The van der Waals surface area contributed by atoms with Crippen molar-refractivity contribution in [2.75, 3.05) is 5.73 Å². The molecule has 0 aliphatic rings. The van der Waals surface area contributed by atoms with E-state index in [-0.39, 0.29) is 16.3 Å². The van der Waals surface area contributed by atoms with Gasteiger partial charge < -0.3 is 5.73 Å². The fourth-order valence-corrected chi connectivity index (χ4v) is 1.70. The number of rotatable bonds is 2. The third-order valence-corrected chi connectivity index (χ3v) is 2.74. The molecule has 2 rings (SSSR count). The van der Waals surface area contributed by atoms with Crippen LogP contribution in [0, 0.1) is 0 Å². The van der Waals surface area contributed by atoms with Crippen LogP contribution in [-0.2, 0) is 0 Å².